The highest BCUT2D eigenvalue weighted by Crippen LogP contribution is 2.28. The molecule has 0 amide bonds. The zero-order chi connectivity index (χ0) is 11.5. The summed E-state index contributed by atoms with van der Waals surface area (Å²) >= 11 is 9.21. The monoisotopic (exact) mass is 299 g/mol. The Balaban J connectivity index is 2.19. The topological polar surface area (TPSA) is 33.1 Å². The molecule has 0 bridgehead atoms. The lowest BCUT2D eigenvalue weighted by molar-refractivity contribution is 0.200. The van der Waals surface area contributed by atoms with Gasteiger partial charge in [-0.15, -0.1) is 0 Å². The summed E-state index contributed by atoms with van der Waals surface area (Å²) in [5.74, 6) is 6.75. The molecule has 0 saturated heterocycles. The first-order valence-corrected chi connectivity index (χ1v) is 6.61. The van der Waals surface area contributed by atoms with Crippen molar-refractivity contribution in [1.29, 1.82) is 0 Å². The Hall–Kier alpha value is -0.560. The number of nitrogens with zero attached hydrogens (tertiary/aromatic N) is 1. The molecule has 84 valence electrons. The van der Waals surface area contributed by atoms with E-state index >= 15 is 0 Å². The van der Waals surface area contributed by atoms with E-state index in [9.17, 15) is 5.11 Å². The lowest BCUT2D eigenvalue weighted by Gasteiger charge is -2.07. The summed E-state index contributed by atoms with van der Waals surface area (Å²) < 4.78 is 0. The number of pyridine rings is 1. The maximum atomic E-state index is 9.60. The van der Waals surface area contributed by atoms with Crippen LogP contribution in [0.15, 0.2) is 12.3 Å². The fourth-order valence-electron chi connectivity index (χ4n) is 1.25. The van der Waals surface area contributed by atoms with Gasteiger partial charge in [-0.25, -0.2) is 0 Å². The van der Waals surface area contributed by atoms with Crippen molar-refractivity contribution >= 4 is 27.5 Å². The van der Waals surface area contributed by atoms with Crippen LogP contribution in [0.1, 0.15) is 30.2 Å². The van der Waals surface area contributed by atoms with Crippen LogP contribution in [0.25, 0.3) is 0 Å². The second-order valence-electron chi connectivity index (χ2n) is 3.80. The first-order valence-electron chi connectivity index (χ1n) is 5.11. The van der Waals surface area contributed by atoms with Gasteiger partial charge in [0.2, 0.25) is 0 Å². The average Bonchev–Trinajstić information content (AvgIpc) is 3.09. The van der Waals surface area contributed by atoms with E-state index in [2.05, 4.69) is 32.8 Å². The van der Waals surface area contributed by atoms with Gasteiger partial charge in [0, 0.05) is 23.0 Å². The Morgan fingerprint density at radius 3 is 2.94 bits per heavy atom. The molecule has 2 rings (SSSR count). The summed E-state index contributed by atoms with van der Waals surface area (Å²) in [6.45, 7) is 0. The summed E-state index contributed by atoms with van der Waals surface area (Å²) in [5, 5.41) is 10.5. The standard InChI is InChI=1S/C12H11BrClNO/c13-6-11(16)12-10(14)5-9(7-15-12)4-3-8-1-2-8/h5,7-8,11,16H,1-2,6H2. The van der Waals surface area contributed by atoms with Crippen LogP contribution in [0.4, 0.5) is 0 Å². The Labute approximate surface area is 108 Å². The Bertz CT molecular complexity index is 448. The fourth-order valence-corrected chi connectivity index (χ4v) is 1.85. The zero-order valence-corrected chi connectivity index (χ0v) is 10.9. The van der Waals surface area contributed by atoms with Crippen LogP contribution in [-0.4, -0.2) is 15.4 Å². The van der Waals surface area contributed by atoms with Gasteiger partial charge in [-0.2, -0.15) is 0 Å². The minimum absolute atomic E-state index is 0.423. The molecule has 0 aromatic carbocycles. The molecule has 16 heavy (non-hydrogen) atoms. The summed E-state index contributed by atoms with van der Waals surface area (Å²) in [4.78, 5) is 4.13. The minimum Gasteiger partial charge on any atom is -0.386 e. The number of aromatic nitrogens is 1. The molecular weight excluding hydrogens is 289 g/mol. The summed E-state index contributed by atoms with van der Waals surface area (Å²) in [6, 6.07) is 1.76. The number of hydrogen-bond donors (Lipinski definition) is 1. The van der Waals surface area contributed by atoms with Gasteiger partial charge in [0.05, 0.1) is 10.7 Å². The predicted molar refractivity (Wildman–Crippen MR) is 67.6 cm³/mol. The predicted octanol–water partition coefficient (Wildman–Crippen LogP) is 2.92. The van der Waals surface area contributed by atoms with Gasteiger partial charge >= 0.3 is 0 Å². The van der Waals surface area contributed by atoms with Crippen LogP contribution in [0, 0.1) is 17.8 Å². The van der Waals surface area contributed by atoms with E-state index in [1.165, 1.54) is 12.8 Å². The molecule has 1 aliphatic rings. The van der Waals surface area contributed by atoms with Gasteiger partial charge in [-0.3, -0.25) is 4.98 Å². The molecule has 0 spiro atoms. The molecule has 1 unspecified atom stereocenters. The molecule has 1 heterocycles. The Morgan fingerprint density at radius 2 is 2.38 bits per heavy atom. The molecule has 1 aromatic heterocycles. The molecule has 1 aromatic rings. The SMILES string of the molecule is OC(CBr)c1ncc(C#CC2CC2)cc1Cl. The van der Waals surface area contributed by atoms with Gasteiger partial charge in [0.1, 0.15) is 6.10 Å². The van der Waals surface area contributed by atoms with E-state index in [0.717, 1.165) is 5.56 Å². The van der Waals surface area contributed by atoms with Crippen LogP contribution in [0.2, 0.25) is 5.02 Å². The van der Waals surface area contributed by atoms with E-state index in [0.29, 0.717) is 22.0 Å². The number of hydrogen-bond acceptors (Lipinski definition) is 2. The first-order chi connectivity index (χ1) is 7.70. The van der Waals surface area contributed by atoms with E-state index in [1.807, 2.05) is 0 Å². The van der Waals surface area contributed by atoms with Crippen molar-refractivity contribution in [2.24, 2.45) is 5.92 Å². The van der Waals surface area contributed by atoms with Gasteiger partial charge in [0.15, 0.2) is 0 Å². The van der Waals surface area contributed by atoms with Crippen molar-refractivity contribution in [1.82, 2.24) is 4.98 Å². The van der Waals surface area contributed by atoms with Crippen molar-refractivity contribution in [3.05, 3.63) is 28.5 Å². The summed E-state index contributed by atoms with van der Waals surface area (Å²) in [6.07, 6.45) is 3.39. The zero-order valence-electron chi connectivity index (χ0n) is 8.58. The van der Waals surface area contributed by atoms with Crippen LogP contribution in [-0.2, 0) is 0 Å². The third-order valence-electron chi connectivity index (χ3n) is 2.33. The van der Waals surface area contributed by atoms with Crippen LogP contribution in [0.3, 0.4) is 0 Å². The Kier molecular flexibility index (Phi) is 3.86. The first kappa shape index (κ1) is 11.9. The molecule has 1 saturated carbocycles. The van der Waals surface area contributed by atoms with E-state index in [-0.39, 0.29) is 0 Å². The van der Waals surface area contributed by atoms with E-state index < -0.39 is 6.10 Å². The highest BCUT2D eigenvalue weighted by atomic mass is 79.9. The maximum Gasteiger partial charge on any atom is 0.107 e. The molecule has 1 atom stereocenters. The van der Waals surface area contributed by atoms with Gasteiger partial charge in [-0.05, 0) is 18.9 Å². The van der Waals surface area contributed by atoms with Crippen LogP contribution >= 0.6 is 27.5 Å². The smallest absolute Gasteiger partial charge is 0.107 e. The molecular formula is C12H11BrClNO. The molecule has 0 radical (unpaired) electrons. The van der Waals surface area contributed by atoms with Gasteiger partial charge in [-0.1, -0.05) is 39.4 Å². The second kappa shape index (κ2) is 5.18. The number of rotatable bonds is 2. The normalized spacial score (nSPS) is 16.4. The van der Waals surface area contributed by atoms with Crippen molar-refractivity contribution in [2.75, 3.05) is 5.33 Å². The Morgan fingerprint density at radius 1 is 1.62 bits per heavy atom. The number of aliphatic hydroxyl groups excluding tert-OH is 1. The summed E-state index contributed by atoms with van der Waals surface area (Å²) in [5.41, 5.74) is 1.30. The van der Waals surface area contributed by atoms with E-state index in [4.69, 9.17) is 11.6 Å². The summed E-state index contributed by atoms with van der Waals surface area (Å²) in [7, 11) is 0. The average molecular weight is 301 g/mol. The van der Waals surface area contributed by atoms with Crippen LogP contribution in [0.5, 0.6) is 0 Å². The molecule has 1 fully saturated rings. The highest BCUT2D eigenvalue weighted by molar-refractivity contribution is 9.09. The molecule has 4 heteroatoms. The van der Waals surface area contributed by atoms with E-state index in [1.54, 1.807) is 12.3 Å². The fraction of sp³-hybridized carbons (Fsp3) is 0.417. The van der Waals surface area contributed by atoms with Gasteiger partial charge in [0.25, 0.3) is 0 Å². The van der Waals surface area contributed by atoms with Gasteiger partial charge < -0.3 is 5.11 Å². The quantitative estimate of drug-likeness (QED) is 0.673. The van der Waals surface area contributed by atoms with Crippen molar-refractivity contribution in [2.45, 2.75) is 18.9 Å². The molecule has 2 nitrogen and oxygen atoms in total. The maximum absolute atomic E-state index is 9.60. The molecule has 0 aliphatic heterocycles. The van der Waals surface area contributed by atoms with Crippen molar-refractivity contribution in [3.63, 3.8) is 0 Å². The van der Waals surface area contributed by atoms with Crippen molar-refractivity contribution in [3.8, 4) is 11.8 Å². The number of alkyl halides is 1. The third-order valence-corrected chi connectivity index (χ3v) is 3.25. The minimum atomic E-state index is -0.669. The number of aliphatic hydroxyl groups is 1. The lowest BCUT2D eigenvalue weighted by atomic mass is 10.2. The molecule has 1 N–H and O–H groups in total. The third kappa shape index (κ3) is 2.98. The van der Waals surface area contributed by atoms with Crippen LogP contribution < -0.4 is 0 Å². The van der Waals surface area contributed by atoms with Crippen molar-refractivity contribution < 1.29 is 5.11 Å². The largest absolute Gasteiger partial charge is 0.386 e. The highest BCUT2D eigenvalue weighted by Gasteiger charge is 2.18. The second-order valence-corrected chi connectivity index (χ2v) is 4.86. The molecule has 1 aliphatic carbocycles. The number of halogens is 2. The lowest BCUT2D eigenvalue weighted by Crippen LogP contribution is -2.02.